The molecule has 0 radical (unpaired) electrons. The van der Waals surface area contributed by atoms with E-state index in [0.29, 0.717) is 19.1 Å². The predicted molar refractivity (Wildman–Crippen MR) is 60.9 cm³/mol. The Bertz CT molecular complexity index is 312. The third-order valence-corrected chi connectivity index (χ3v) is 2.43. The standard InChI is InChI=1S/C12H19NO2/c1-4-14-11-5-6-12(9(2)7-11)10(3)8-15-13/h5-7,10H,4,8,13H2,1-3H3. The van der Waals surface area contributed by atoms with Crippen molar-refractivity contribution >= 4 is 0 Å². The molecular weight excluding hydrogens is 190 g/mol. The number of aryl methyl sites for hydroxylation is 1. The highest BCUT2D eigenvalue weighted by molar-refractivity contribution is 5.36. The summed E-state index contributed by atoms with van der Waals surface area (Å²) in [5.41, 5.74) is 2.47. The second kappa shape index (κ2) is 5.73. The van der Waals surface area contributed by atoms with Crippen LogP contribution in [0.5, 0.6) is 5.75 Å². The lowest BCUT2D eigenvalue weighted by atomic mass is 9.97. The van der Waals surface area contributed by atoms with E-state index >= 15 is 0 Å². The molecule has 0 heterocycles. The van der Waals surface area contributed by atoms with Gasteiger partial charge in [-0.05, 0) is 37.1 Å². The van der Waals surface area contributed by atoms with Gasteiger partial charge in [0.05, 0.1) is 13.2 Å². The Hall–Kier alpha value is -1.06. The van der Waals surface area contributed by atoms with Crippen molar-refractivity contribution in [2.75, 3.05) is 13.2 Å². The summed E-state index contributed by atoms with van der Waals surface area (Å²) in [6.45, 7) is 7.38. The number of rotatable bonds is 5. The Kier molecular flexibility index (Phi) is 4.59. The summed E-state index contributed by atoms with van der Waals surface area (Å²) in [7, 11) is 0. The van der Waals surface area contributed by atoms with Crippen LogP contribution >= 0.6 is 0 Å². The van der Waals surface area contributed by atoms with Crippen molar-refractivity contribution < 1.29 is 9.57 Å². The molecule has 1 aromatic rings. The van der Waals surface area contributed by atoms with Crippen LogP contribution in [-0.2, 0) is 4.84 Å². The number of nitrogens with two attached hydrogens (primary N) is 1. The van der Waals surface area contributed by atoms with Gasteiger partial charge in [-0.15, -0.1) is 0 Å². The molecule has 1 aromatic carbocycles. The zero-order chi connectivity index (χ0) is 11.3. The minimum absolute atomic E-state index is 0.311. The van der Waals surface area contributed by atoms with Crippen molar-refractivity contribution in [3.05, 3.63) is 29.3 Å². The lowest BCUT2D eigenvalue weighted by Crippen LogP contribution is -2.09. The van der Waals surface area contributed by atoms with Crippen LogP contribution in [0, 0.1) is 6.92 Å². The van der Waals surface area contributed by atoms with E-state index in [9.17, 15) is 0 Å². The van der Waals surface area contributed by atoms with E-state index in [1.807, 2.05) is 19.1 Å². The maximum atomic E-state index is 5.43. The van der Waals surface area contributed by atoms with Gasteiger partial charge < -0.3 is 9.57 Å². The Morgan fingerprint density at radius 1 is 1.40 bits per heavy atom. The highest BCUT2D eigenvalue weighted by Gasteiger charge is 2.09. The van der Waals surface area contributed by atoms with Crippen LogP contribution in [0.3, 0.4) is 0 Å². The van der Waals surface area contributed by atoms with Gasteiger partial charge in [0.2, 0.25) is 0 Å². The summed E-state index contributed by atoms with van der Waals surface area (Å²) in [4.78, 5) is 4.66. The molecule has 0 bridgehead atoms. The molecule has 0 spiro atoms. The van der Waals surface area contributed by atoms with Gasteiger partial charge in [0.15, 0.2) is 0 Å². The van der Waals surface area contributed by atoms with E-state index in [1.165, 1.54) is 11.1 Å². The average molecular weight is 209 g/mol. The molecule has 0 aliphatic carbocycles. The van der Waals surface area contributed by atoms with E-state index in [-0.39, 0.29) is 0 Å². The molecule has 0 saturated heterocycles. The van der Waals surface area contributed by atoms with Crippen molar-refractivity contribution in [3.8, 4) is 5.75 Å². The molecule has 1 atom stereocenters. The van der Waals surface area contributed by atoms with Crippen LogP contribution in [0.1, 0.15) is 30.9 Å². The number of benzene rings is 1. The molecule has 1 rings (SSSR count). The van der Waals surface area contributed by atoms with Crippen molar-refractivity contribution in [3.63, 3.8) is 0 Å². The van der Waals surface area contributed by atoms with Gasteiger partial charge in [0.1, 0.15) is 5.75 Å². The SMILES string of the molecule is CCOc1ccc(C(C)CON)c(C)c1. The first kappa shape index (κ1) is 12.0. The normalized spacial score (nSPS) is 12.5. The molecule has 0 saturated carbocycles. The number of hydrogen-bond donors (Lipinski definition) is 1. The first-order valence-electron chi connectivity index (χ1n) is 5.24. The van der Waals surface area contributed by atoms with Gasteiger partial charge in [0.25, 0.3) is 0 Å². The fourth-order valence-corrected chi connectivity index (χ4v) is 1.69. The van der Waals surface area contributed by atoms with E-state index in [4.69, 9.17) is 10.6 Å². The lowest BCUT2D eigenvalue weighted by molar-refractivity contribution is 0.126. The van der Waals surface area contributed by atoms with Gasteiger partial charge in [-0.2, -0.15) is 0 Å². The first-order chi connectivity index (χ1) is 7.19. The Morgan fingerprint density at radius 3 is 2.67 bits per heavy atom. The zero-order valence-corrected chi connectivity index (χ0v) is 9.62. The summed E-state index contributed by atoms with van der Waals surface area (Å²) in [6, 6.07) is 6.11. The molecule has 0 amide bonds. The summed E-state index contributed by atoms with van der Waals surface area (Å²) >= 11 is 0. The highest BCUT2D eigenvalue weighted by atomic mass is 16.6. The molecule has 15 heavy (non-hydrogen) atoms. The van der Waals surface area contributed by atoms with Crippen LogP contribution in [-0.4, -0.2) is 13.2 Å². The van der Waals surface area contributed by atoms with Gasteiger partial charge in [-0.1, -0.05) is 13.0 Å². The quantitative estimate of drug-likeness (QED) is 0.757. The summed E-state index contributed by atoms with van der Waals surface area (Å²) in [6.07, 6.45) is 0. The van der Waals surface area contributed by atoms with Crippen molar-refractivity contribution in [2.45, 2.75) is 26.7 Å². The van der Waals surface area contributed by atoms with E-state index in [0.717, 1.165) is 5.75 Å². The largest absolute Gasteiger partial charge is 0.494 e. The van der Waals surface area contributed by atoms with Crippen LogP contribution < -0.4 is 10.6 Å². The van der Waals surface area contributed by atoms with E-state index in [1.54, 1.807) is 0 Å². The number of hydrogen-bond acceptors (Lipinski definition) is 3. The van der Waals surface area contributed by atoms with Crippen LogP contribution in [0.25, 0.3) is 0 Å². The third kappa shape index (κ3) is 3.22. The fraction of sp³-hybridized carbons (Fsp3) is 0.500. The van der Waals surface area contributed by atoms with Crippen LogP contribution in [0.4, 0.5) is 0 Å². The molecule has 3 heteroatoms. The van der Waals surface area contributed by atoms with Crippen LogP contribution in [0.15, 0.2) is 18.2 Å². The highest BCUT2D eigenvalue weighted by Crippen LogP contribution is 2.23. The minimum atomic E-state index is 0.311. The second-order valence-electron chi connectivity index (χ2n) is 3.69. The van der Waals surface area contributed by atoms with Crippen molar-refractivity contribution in [1.82, 2.24) is 0 Å². The number of ether oxygens (including phenoxy) is 1. The second-order valence-corrected chi connectivity index (χ2v) is 3.69. The zero-order valence-electron chi connectivity index (χ0n) is 9.62. The Balaban J connectivity index is 2.82. The van der Waals surface area contributed by atoms with Crippen LogP contribution in [0.2, 0.25) is 0 Å². The van der Waals surface area contributed by atoms with Gasteiger partial charge in [-0.25, -0.2) is 5.90 Å². The fourth-order valence-electron chi connectivity index (χ4n) is 1.69. The summed E-state index contributed by atoms with van der Waals surface area (Å²) in [5.74, 6) is 6.30. The Morgan fingerprint density at radius 2 is 2.13 bits per heavy atom. The van der Waals surface area contributed by atoms with E-state index in [2.05, 4.69) is 24.8 Å². The van der Waals surface area contributed by atoms with Gasteiger partial charge in [0, 0.05) is 5.92 Å². The van der Waals surface area contributed by atoms with Crippen molar-refractivity contribution in [2.24, 2.45) is 5.90 Å². The van der Waals surface area contributed by atoms with E-state index < -0.39 is 0 Å². The molecule has 1 unspecified atom stereocenters. The van der Waals surface area contributed by atoms with Gasteiger partial charge >= 0.3 is 0 Å². The Labute approximate surface area is 91.1 Å². The summed E-state index contributed by atoms with van der Waals surface area (Å²) in [5, 5.41) is 0. The molecule has 84 valence electrons. The predicted octanol–water partition coefficient (Wildman–Crippen LogP) is 2.39. The van der Waals surface area contributed by atoms with Crippen molar-refractivity contribution in [1.29, 1.82) is 0 Å². The molecule has 0 aliphatic heterocycles. The molecule has 3 nitrogen and oxygen atoms in total. The monoisotopic (exact) mass is 209 g/mol. The molecule has 0 fully saturated rings. The minimum Gasteiger partial charge on any atom is -0.494 e. The smallest absolute Gasteiger partial charge is 0.119 e. The molecule has 0 aromatic heterocycles. The molecule has 0 aliphatic rings. The molecule has 2 N–H and O–H groups in total. The topological polar surface area (TPSA) is 44.5 Å². The third-order valence-electron chi connectivity index (χ3n) is 2.43. The maximum Gasteiger partial charge on any atom is 0.119 e. The average Bonchev–Trinajstić information content (AvgIpc) is 2.18. The molecular formula is C12H19NO2. The van der Waals surface area contributed by atoms with Gasteiger partial charge in [-0.3, -0.25) is 0 Å². The maximum absolute atomic E-state index is 5.43. The first-order valence-corrected chi connectivity index (χ1v) is 5.24. The summed E-state index contributed by atoms with van der Waals surface area (Å²) < 4.78 is 5.43. The lowest BCUT2D eigenvalue weighted by Gasteiger charge is -2.14.